The molecule has 0 aliphatic heterocycles. The average Bonchev–Trinajstić information content (AvgIpc) is 3.05. The second-order valence-electron chi connectivity index (χ2n) is 12.2. The zero-order valence-corrected chi connectivity index (χ0v) is 28.2. The van der Waals surface area contributed by atoms with Gasteiger partial charge in [0.05, 0.1) is 18.8 Å². The van der Waals surface area contributed by atoms with E-state index in [4.69, 9.17) is 14.2 Å². The molecular weight excluding hydrogens is 544 g/mol. The molecule has 0 unspecified atom stereocenters. The molecular formula is C40H62O4. The summed E-state index contributed by atoms with van der Waals surface area (Å²) < 4.78 is 18.0. The van der Waals surface area contributed by atoms with Crippen LogP contribution in [0.4, 0.5) is 0 Å². The van der Waals surface area contributed by atoms with E-state index in [0.717, 1.165) is 30.4 Å². The highest BCUT2D eigenvalue weighted by Crippen LogP contribution is 2.30. The Bertz CT molecular complexity index is 997. The third-order valence-corrected chi connectivity index (χ3v) is 8.28. The van der Waals surface area contributed by atoms with E-state index < -0.39 is 0 Å². The van der Waals surface area contributed by atoms with Crippen LogP contribution in [0.25, 0.3) is 6.08 Å². The fraction of sp³-hybridized carbons (Fsp3) is 0.625. The largest absolute Gasteiger partial charge is 0.490 e. The molecule has 0 aromatic heterocycles. The van der Waals surface area contributed by atoms with E-state index in [1.807, 2.05) is 30.3 Å². The molecule has 0 aliphatic rings. The van der Waals surface area contributed by atoms with Crippen LogP contribution < -0.4 is 9.47 Å². The molecule has 2 rings (SSSR count). The molecule has 0 saturated carbocycles. The van der Waals surface area contributed by atoms with Gasteiger partial charge in [0, 0.05) is 0 Å². The highest BCUT2D eigenvalue weighted by molar-refractivity contribution is 5.90. The molecule has 0 saturated heterocycles. The van der Waals surface area contributed by atoms with Crippen molar-refractivity contribution in [2.75, 3.05) is 13.2 Å². The van der Waals surface area contributed by atoms with Gasteiger partial charge in [0.25, 0.3) is 0 Å². The number of ether oxygens (including phenoxy) is 3. The number of carbonyl (C=O) groups is 1. The molecule has 246 valence electrons. The summed E-state index contributed by atoms with van der Waals surface area (Å²) in [6, 6.07) is 13.3. The number of carbonyl (C=O) groups excluding carboxylic acids is 1. The molecule has 0 radical (unpaired) electrons. The van der Waals surface area contributed by atoms with Crippen molar-refractivity contribution in [3.63, 3.8) is 0 Å². The van der Waals surface area contributed by atoms with Gasteiger partial charge in [-0.15, -0.1) is 0 Å². The van der Waals surface area contributed by atoms with Crippen LogP contribution in [-0.2, 0) is 11.3 Å². The van der Waals surface area contributed by atoms with Crippen LogP contribution in [0.1, 0.15) is 164 Å². The molecule has 0 amide bonds. The van der Waals surface area contributed by atoms with Crippen LogP contribution in [0.2, 0.25) is 0 Å². The lowest BCUT2D eigenvalue weighted by molar-refractivity contribution is 0.0472. The molecule has 0 bridgehead atoms. The molecule has 0 N–H and O–H groups in total. The number of benzene rings is 2. The summed E-state index contributed by atoms with van der Waals surface area (Å²) in [5, 5.41) is 0. The average molecular weight is 607 g/mol. The van der Waals surface area contributed by atoms with Crippen molar-refractivity contribution in [3.8, 4) is 11.5 Å². The van der Waals surface area contributed by atoms with Crippen molar-refractivity contribution in [2.24, 2.45) is 0 Å². The maximum atomic E-state index is 12.9. The zero-order valence-electron chi connectivity index (χ0n) is 28.2. The van der Waals surface area contributed by atoms with Crippen LogP contribution in [0.15, 0.2) is 49.0 Å². The van der Waals surface area contributed by atoms with Gasteiger partial charge in [-0.3, -0.25) is 0 Å². The first-order valence-electron chi connectivity index (χ1n) is 18.0. The number of rotatable bonds is 28. The monoisotopic (exact) mass is 606 g/mol. The normalized spacial score (nSPS) is 11.0. The first kappa shape index (κ1) is 37.4. The van der Waals surface area contributed by atoms with Crippen LogP contribution >= 0.6 is 0 Å². The van der Waals surface area contributed by atoms with Crippen molar-refractivity contribution < 1.29 is 19.0 Å². The van der Waals surface area contributed by atoms with Gasteiger partial charge in [-0.05, 0) is 42.2 Å². The van der Waals surface area contributed by atoms with Crippen molar-refractivity contribution >= 4 is 12.0 Å². The van der Waals surface area contributed by atoms with E-state index >= 15 is 0 Å². The molecule has 4 heteroatoms. The summed E-state index contributed by atoms with van der Waals surface area (Å²) in [5.41, 5.74) is 2.47. The first-order chi connectivity index (χ1) is 21.7. The predicted octanol–water partition coefficient (Wildman–Crippen LogP) is 12.3. The lowest BCUT2D eigenvalue weighted by Crippen LogP contribution is -2.08. The molecule has 2 aromatic carbocycles. The summed E-state index contributed by atoms with van der Waals surface area (Å²) in [6.45, 7) is 9.83. The van der Waals surface area contributed by atoms with Gasteiger partial charge in [-0.2, -0.15) is 0 Å². The van der Waals surface area contributed by atoms with Gasteiger partial charge in [0.1, 0.15) is 6.61 Å². The molecule has 0 aliphatic carbocycles. The summed E-state index contributed by atoms with van der Waals surface area (Å²) in [7, 11) is 0. The minimum Gasteiger partial charge on any atom is -0.490 e. The van der Waals surface area contributed by atoms with E-state index in [1.165, 1.54) is 109 Å². The highest BCUT2D eigenvalue weighted by atomic mass is 16.5. The van der Waals surface area contributed by atoms with E-state index in [2.05, 4.69) is 20.4 Å². The molecule has 44 heavy (non-hydrogen) atoms. The SMILES string of the molecule is C=Cc1ccc(COC(=O)c2ccc(OCCCCCCCCCCCC)c(OCCCCCCCCCCCC)c2)cc1. The third-order valence-electron chi connectivity index (χ3n) is 8.28. The predicted molar refractivity (Wildman–Crippen MR) is 187 cm³/mol. The van der Waals surface area contributed by atoms with Gasteiger partial charge in [-0.1, -0.05) is 166 Å². The maximum absolute atomic E-state index is 12.9. The Kier molecular flexibility index (Phi) is 21.8. The molecule has 4 nitrogen and oxygen atoms in total. The standard InChI is InChI=1S/C40H62O4/c1-4-7-9-11-13-15-17-19-21-23-31-42-38-30-29-37(40(41)44-34-36-27-25-35(6-3)26-28-36)33-39(38)43-32-24-22-20-18-16-14-12-10-8-5-2/h6,25-30,33H,3-5,7-24,31-32,34H2,1-2H3. The van der Waals surface area contributed by atoms with E-state index in [1.54, 1.807) is 18.2 Å². The number of hydrogen-bond donors (Lipinski definition) is 0. The van der Waals surface area contributed by atoms with Crippen molar-refractivity contribution in [1.82, 2.24) is 0 Å². The topological polar surface area (TPSA) is 44.8 Å². The molecule has 0 spiro atoms. The van der Waals surface area contributed by atoms with Gasteiger partial charge in [0.15, 0.2) is 11.5 Å². The lowest BCUT2D eigenvalue weighted by Gasteiger charge is -2.14. The van der Waals surface area contributed by atoms with Crippen LogP contribution in [0, 0.1) is 0 Å². The summed E-state index contributed by atoms with van der Waals surface area (Å²) in [6.07, 6.45) is 27.6. The van der Waals surface area contributed by atoms with E-state index in [0.29, 0.717) is 30.3 Å². The zero-order chi connectivity index (χ0) is 31.5. The first-order valence-corrected chi connectivity index (χ1v) is 18.0. The Morgan fingerprint density at radius 1 is 0.591 bits per heavy atom. The quantitative estimate of drug-likeness (QED) is 0.0714. The third kappa shape index (κ3) is 17.5. The summed E-state index contributed by atoms with van der Waals surface area (Å²) in [5.74, 6) is 0.991. The van der Waals surface area contributed by atoms with E-state index in [9.17, 15) is 4.79 Å². The second-order valence-corrected chi connectivity index (χ2v) is 12.2. The number of esters is 1. The van der Waals surface area contributed by atoms with Gasteiger partial charge in [0.2, 0.25) is 0 Å². The van der Waals surface area contributed by atoms with Gasteiger partial charge >= 0.3 is 5.97 Å². The number of hydrogen-bond acceptors (Lipinski definition) is 4. The van der Waals surface area contributed by atoms with Crippen LogP contribution in [0.3, 0.4) is 0 Å². The fourth-order valence-electron chi connectivity index (χ4n) is 5.39. The van der Waals surface area contributed by atoms with Crippen LogP contribution in [0.5, 0.6) is 11.5 Å². The van der Waals surface area contributed by atoms with Crippen molar-refractivity contribution in [2.45, 2.75) is 149 Å². The highest BCUT2D eigenvalue weighted by Gasteiger charge is 2.14. The lowest BCUT2D eigenvalue weighted by atomic mass is 10.1. The molecule has 0 fully saturated rings. The summed E-state index contributed by atoms with van der Waals surface area (Å²) in [4.78, 5) is 12.9. The molecule has 0 heterocycles. The van der Waals surface area contributed by atoms with Crippen molar-refractivity contribution in [3.05, 3.63) is 65.7 Å². The van der Waals surface area contributed by atoms with Gasteiger partial charge < -0.3 is 14.2 Å². The number of unbranched alkanes of at least 4 members (excludes halogenated alkanes) is 18. The molecule has 2 aromatic rings. The minimum atomic E-state index is -0.358. The Balaban J connectivity index is 1.79. The Morgan fingerprint density at radius 3 is 1.52 bits per heavy atom. The fourth-order valence-corrected chi connectivity index (χ4v) is 5.39. The van der Waals surface area contributed by atoms with Crippen molar-refractivity contribution in [1.29, 1.82) is 0 Å². The smallest absolute Gasteiger partial charge is 0.338 e. The maximum Gasteiger partial charge on any atom is 0.338 e. The minimum absolute atomic E-state index is 0.224. The van der Waals surface area contributed by atoms with E-state index in [-0.39, 0.29) is 12.6 Å². The summed E-state index contributed by atoms with van der Waals surface area (Å²) >= 11 is 0. The Labute approximate surface area is 270 Å². The molecule has 0 atom stereocenters. The Morgan fingerprint density at radius 2 is 1.05 bits per heavy atom. The second kappa shape index (κ2) is 25.6. The van der Waals surface area contributed by atoms with Gasteiger partial charge in [-0.25, -0.2) is 4.79 Å². The van der Waals surface area contributed by atoms with Crippen LogP contribution in [-0.4, -0.2) is 19.2 Å². The Hall–Kier alpha value is -2.75.